The van der Waals surface area contributed by atoms with Gasteiger partial charge in [0, 0.05) is 48.0 Å². The number of hydrogen-bond donors (Lipinski definition) is 3. The van der Waals surface area contributed by atoms with Crippen molar-refractivity contribution in [2.45, 2.75) is 52.6 Å². The van der Waals surface area contributed by atoms with Crippen LogP contribution < -0.4 is 10.6 Å². The molecule has 1 amide bonds. The third-order valence-electron chi connectivity index (χ3n) is 5.76. The topological polar surface area (TPSA) is 77.5 Å². The average molecular weight is 461 g/mol. The zero-order valence-corrected chi connectivity index (χ0v) is 20.3. The highest BCUT2D eigenvalue weighted by atomic mass is 16.3. The molecule has 34 heavy (non-hydrogen) atoms. The van der Waals surface area contributed by atoms with Gasteiger partial charge in [-0.2, -0.15) is 0 Å². The number of nitrogens with one attached hydrogen (secondary N) is 2. The lowest BCUT2D eigenvalue weighted by molar-refractivity contribution is 0.0951. The van der Waals surface area contributed by atoms with Crippen LogP contribution in [0.4, 0.5) is 11.4 Å². The lowest BCUT2D eigenvalue weighted by Crippen LogP contribution is -2.26. The van der Waals surface area contributed by atoms with Gasteiger partial charge in [-0.3, -0.25) is 14.7 Å². The Hall–Kier alpha value is -3.38. The van der Waals surface area contributed by atoms with Crippen molar-refractivity contribution in [3.63, 3.8) is 0 Å². The molecule has 6 nitrogen and oxygen atoms in total. The van der Waals surface area contributed by atoms with E-state index in [4.69, 9.17) is 0 Å². The van der Waals surface area contributed by atoms with Crippen LogP contribution in [0.15, 0.2) is 67.0 Å². The SMILES string of the molecule is CCCCN(CCCC)Cc1cc(CNC(=O)c2ccc(Nc3ccncc3)cc2)ccc1O. The average Bonchev–Trinajstić information content (AvgIpc) is 2.86. The second kappa shape index (κ2) is 13.4. The number of carbonyl (C=O) groups is 1. The van der Waals surface area contributed by atoms with Gasteiger partial charge in [0.05, 0.1) is 0 Å². The van der Waals surface area contributed by atoms with Gasteiger partial charge >= 0.3 is 0 Å². The molecule has 0 bridgehead atoms. The second-order valence-electron chi connectivity index (χ2n) is 8.57. The van der Waals surface area contributed by atoms with E-state index >= 15 is 0 Å². The summed E-state index contributed by atoms with van der Waals surface area (Å²) >= 11 is 0. The third kappa shape index (κ3) is 7.89. The first-order valence-electron chi connectivity index (χ1n) is 12.2. The molecule has 0 atom stereocenters. The van der Waals surface area contributed by atoms with Crippen LogP contribution in [0.3, 0.4) is 0 Å². The third-order valence-corrected chi connectivity index (χ3v) is 5.76. The van der Waals surface area contributed by atoms with E-state index in [0.717, 1.165) is 67.8 Å². The van der Waals surface area contributed by atoms with Crippen molar-refractivity contribution in [1.82, 2.24) is 15.2 Å². The molecule has 0 aliphatic rings. The molecule has 3 aromatic rings. The van der Waals surface area contributed by atoms with E-state index in [1.54, 1.807) is 30.6 Å². The highest BCUT2D eigenvalue weighted by Gasteiger charge is 2.11. The predicted molar refractivity (Wildman–Crippen MR) is 138 cm³/mol. The van der Waals surface area contributed by atoms with Crippen LogP contribution in [-0.4, -0.2) is 34.0 Å². The van der Waals surface area contributed by atoms with Crippen molar-refractivity contribution in [2.24, 2.45) is 0 Å². The summed E-state index contributed by atoms with van der Waals surface area (Å²) in [6.07, 6.45) is 8.07. The van der Waals surface area contributed by atoms with Crippen molar-refractivity contribution in [3.8, 4) is 5.75 Å². The monoisotopic (exact) mass is 460 g/mol. The predicted octanol–water partition coefficient (Wildman–Crippen LogP) is 5.86. The summed E-state index contributed by atoms with van der Waals surface area (Å²) in [6, 6.07) is 16.8. The summed E-state index contributed by atoms with van der Waals surface area (Å²) in [6.45, 7) is 7.59. The number of anilines is 2. The maximum atomic E-state index is 12.7. The van der Waals surface area contributed by atoms with Crippen LogP contribution in [0.5, 0.6) is 5.75 Å². The Morgan fingerprint density at radius 3 is 2.21 bits per heavy atom. The van der Waals surface area contributed by atoms with Crippen LogP contribution in [-0.2, 0) is 13.1 Å². The molecule has 0 radical (unpaired) electrons. The number of carbonyl (C=O) groups excluding carboxylic acids is 1. The van der Waals surface area contributed by atoms with Gasteiger partial charge in [-0.1, -0.05) is 32.8 Å². The first kappa shape index (κ1) is 25.2. The Morgan fingerprint density at radius 2 is 1.56 bits per heavy atom. The van der Waals surface area contributed by atoms with Crippen molar-refractivity contribution < 1.29 is 9.90 Å². The van der Waals surface area contributed by atoms with Crippen molar-refractivity contribution in [1.29, 1.82) is 0 Å². The normalized spacial score (nSPS) is 10.9. The summed E-state index contributed by atoms with van der Waals surface area (Å²) in [7, 11) is 0. The Bertz CT molecular complexity index is 1010. The van der Waals surface area contributed by atoms with E-state index in [2.05, 4.69) is 34.4 Å². The van der Waals surface area contributed by atoms with Gasteiger partial charge in [-0.15, -0.1) is 0 Å². The van der Waals surface area contributed by atoms with E-state index in [1.807, 2.05) is 36.4 Å². The minimum atomic E-state index is -0.127. The zero-order valence-electron chi connectivity index (χ0n) is 20.3. The van der Waals surface area contributed by atoms with E-state index < -0.39 is 0 Å². The van der Waals surface area contributed by atoms with Crippen molar-refractivity contribution in [2.75, 3.05) is 18.4 Å². The number of unbranched alkanes of at least 4 members (excludes halogenated alkanes) is 2. The molecule has 1 aromatic heterocycles. The molecular weight excluding hydrogens is 424 g/mol. The van der Waals surface area contributed by atoms with Gasteiger partial charge in [0.2, 0.25) is 0 Å². The molecule has 0 saturated heterocycles. The van der Waals surface area contributed by atoms with Gasteiger partial charge in [-0.25, -0.2) is 0 Å². The largest absolute Gasteiger partial charge is 0.508 e. The molecule has 0 unspecified atom stereocenters. The molecule has 180 valence electrons. The number of hydrogen-bond acceptors (Lipinski definition) is 5. The highest BCUT2D eigenvalue weighted by molar-refractivity contribution is 5.94. The van der Waals surface area contributed by atoms with Crippen molar-refractivity contribution >= 4 is 17.3 Å². The summed E-state index contributed by atoms with van der Waals surface area (Å²) in [5.74, 6) is 0.183. The number of pyridine rings is 1. The molecule has 1 heterocycles. The number of phenolic OH excluding ortho intramolecular Hbond substituents is 1. The Balaban J connectivity index is 1.57. The van der Waals surface area contributed by atoms with Crippen LogP contribution in [0, 0.1) is 0 Å². The lowest BCUT2D eigenvalue weighted by atomic mass is 10.1. The van der Waals surface area contributed by atoms with Gasteiger partial charge in [0.1, 0.15) is 5.75 Å². The Labute approximate surface area is 203 Å². The summed E-state index contributed by atoms with van der Waals surface area (Å²) in [5.41, 5.74) is 4.33. The maximum absolute atomic E-state index is 12.7. The second-order valence-corrected chi connectivity index (χ2v) is 8.57. The first-order valence-corrected chi connectivity index (χ1v) is 12.2. The molecule has 0 spiro atoms. The molecule has 2 aromatic carbocycles. The van der Waals surface area contributed by atoms with E-state index in [9.17, 15) is 9.90 Å². The smallest absolute Gasteiger partial charge is 0.251 e. The maximum Gasteiger partial charge on any atom is 0.251 e. The number of aromatic hydroxyl groups is 1. The standard InChI is InChI=1S/C28H36N4O2/c1-3-5-17-32(18-6-4-2)21-24-19-22(7-12-27(24)33)20-30-28(34)23-8-10-25(11-9-23)31-26-13-15-29-16-14-26/h7-16,19,33H,3-6,17-18,20-21H2,1-2H3,(H,29,31)(H,30,34). The molecule has 0 aliphatic carbocycles. The fourth-order valence-electron chi connectivity index (χ4n) is 3.74. The molecule has 0 saturated carbocycles. The Morgan fingerprint density at radius 1 is 0.912 bits per heavy atom. The Kier molecular flexibility index (Phi) is 9.92. The van der Waals surface area contributed by atoms with Crippen LogP contribution >= 0.6 is 0 Å². The van der Waals surface area contributed by atoms with Gasteiger partial charge in [-0.05, 0) is 80.0 Å². The van der Waals surface area contributed by atoms with Crippen LogP contribution in [0.1, 0.15) is 61.0 Å². The van der Waals surface area contributed by atoms with Crippen LogP contribution in [0.25, 0.3) is 0 Å². The van der Waals surface area contributed by atoms with E-state index in [0.29, 0.717) is 17.9 Å². The zero-order chi connectivity index (χ0) is 24.2. The van der Waals surface area contributed by atoms with Gasteiger partial charge < -0.3 is 15.7 Å². The summed E-state index contributed by atoms with van der Waals surface area (Å²) in [5, 5.41) is 16.7. The lowest BCUT2D eigenvalue weighted by Gasteiger charge is -2.23. The fourth-order valence-corrected chi connectivity index (χ4v) is 3.74. The fraction of sp³-hybridized carbons (Fsp3) is 0.357. The molecule has 3 N–H and O–H groups in total. The number of phenols is 1. The van der Waals surface area contributed by atoms with Gasteiger partial charge in [0.15, 0.2) is 0 Å². The summed E-state index contributed by atoms with van der Waals surface area (Å²) in [4.78, 5) is 19.1. The minimum Gasteiger partial charge on any atom is -0.508 e. The van der Waals surface area contributed by atoms with Crippen molar-refractivity contribution in [3.05, 3.63) is 83.7 Å². The molecular formula is C28H36N4O2. The minimum absolute atomic E-state index is 0.127. The number of nitrogens with zero attached hydrogens (tertiary/aromatic N) is 2. The molecule has 3 rings (SSSR count). The first-order chi connectivity index (χ1) is 16.6. The molecule has 0 aliphatic heterocycles. The summed E-state index contributed by atoms with van der Waals surface area (Å²) < 4.78 is 0. The molecule has 6 heteroatoms. The highest BCUT2D eigenvalue weighted by Crippen LogP contribution is 2.21. The number of rotatable bonds is 13. The van der Waals surface area contributed by atoms with Crippen LogP contribution in [0.2, 0.25) is 0 Å². The van der Waals surface area contributed by atoms with E-state index in [-0.39, 0.29) is 5.91 Å². The number of amides is 1. The van der Waals surface area contributed by atoms with Gasteiger partial charge in [0.25, 0.3) is 5.91 Å². The number of benzene rings is 2. The quantitative estimate of drug-likeness (QED) is 0.298. The molecule has 0 fully saturated rings. The number of aromatic nitrogens is 1. The van der Waals surface area contributed by atoms with E-state index in [1.165, 1.54) is 0 Å².